The number of hydrogen-bond acceptors (Lipinski definition) is 6. The Morgan fingerprint density at radius 2 is 1.63 bits per heavy atom. The highest BCUT2D eigenvalue weighted by atomic mass is 16.5. The summed E-state index contributed by atoms with van der Waals surface area (Å²) < 4.78 is 5.63. The van der Waals surface area contributed by atoms with E-state index < -0.39 is 0 Å². The van der Waals surface area contributed by atoms with Gasteiger partial charge in [-0.15, -0.1) is 0 Å². The highest BCUT2D eigenvalue weighted by molar-refractivity contribution is 6.02. The molecule has 5 rings (SSSR count). The second-order valence-corrected chi connectivity index (χ2v) is 9.62. The Hall–Kier alpha value is -3.90. The predicted molar refractivity (Wildman–Crippen MR) is 158 cm³/mol. The van der Waals surface area contributed by atoms with E-state index in [2.05, 4.69) is 64.2 Å². The van der Waals surface area contributed by atoms with Gasteiger partial charge >= 0.3 is 0 Å². The number of hydrogen-bond donors (Lipinski definition) is 1. The first kappa shape index (κ1) is 25.7. The van der Waals surface area contributed by atoms with E-state index in [1.54, 1.807) is 12.3 Å². The molecule has 3 aromatic carbocycles. The Bertz CT molecular complexity index is 1380. The summed E-state index contributed by atoms with van der Waals surface area (Å²) in [6.45, 7) is 9.61. The maximum atomic E-state index is 10.4. The van der Waals surface area contributed by atoms with Crippen LogP contribution in [0.5, 0.6) is 5.75 Å². The van der Waals surface area contributed by atoms with E-state index >= 15 is 0 Å². The van der Waals surface area contributed by atoms with Crippen LogP contribution in [0.4, 0.5) is 5.69 Å². The van der Waals surface area contributed by atoms with Gasteiger partial charge in [0.2, 0.25) is 0 Å². The monoisotopic (exact) mass is 508 g/mol. The third-order valence-electron chi connectivity index (χ3n) is 7.38. The second-order valence-electron chi connectivity index (χ2n) is 9.62. The number of benzene rings is 3. The molecule has 0 saturated carbocycles. The van der Waals surface area contributed by atoms with Crippen LogP contribution in [0.25, 0.3) is 16.8 Å². The number of phenols is 1. The molecule has 0 bridgehead atoms. The maximum absolute atomic E-state index is 10.4. The summed E-state index contributed by atoms with van der Waals surface area (Å²) in [4.78, 5) is 4.78. The van der Waals surface area contributed by atoms with E-state index in [4.69, 9.17) is 4.74 Å². The van der Waals surface area contributed by atoms with Gasteiger partial charge < -0.3 is 19.6 Å². The molecule has 6 heteroatoms. The number of ether oxygens (including phenoxy) is 1. The summed E-state index contributed by atoms with van der Waals surface area (Å²) in [7, 11) is 0. The second kappa shape index (κ2) is 12.1. The molecule has 2 aliphatic rings. The van der Waals surface area contributed by atoms with Crippen LogP contribution >= 0.6 is 0 Å². The normalized spacial score (nSPS) is 17.5. The van der Waals surface area contributed by atoms with E-state index in [1.807, 2.05) is 36.5 Å². The minimum Gasteiger partial charge on any atom is -0.507 e. The Kier molecular flexibility index (Phi) is 8.19. The smallest absolute Gasteiger partial charge is 0.125 e. The van der Waals surface area contributed by atoms with Crippen LogP contribution in [-0.4, -0.2) is 61.8 Å². The Morgan fingerprint density at radius 1 is 0.895 bits per heavy atom. The van der Waals surface area contributed by atoms with E-state index in [-0.39, 0.29) is 5.75 Å². The van der Waals surface area contributed by atoms with Crippen molar-refractivity contribution in [3.05, 3.63) is 88.6 Å². The van der Waals surface area contributed by atoms with Crippen LogP contribution < -0.4 is 4.90 Å². The molecule has 1 aliphatic heterocycles. The SMILES string of the molecule is CCN(CC)c1ccc(C=C2CCC(C=N/N=C/c3c(O)ccc4ccccc34)=C2N2CCOCC2)cc1. The van der Waals surface area contributed by atoms with Gasteiger partial charge in [-0.25, -0.2) is 0 Å². The molecule has 1 fully saturated rings. The van der Waals surface area contributed by atoms with Crippen LogP contribution in [0.3, 0.4) is 0 Å². The fourth-order valence-corrected chi connectivity index (χ4v) is 5.36. The number of rotatable bonds is 8. The highest BCUT2D eigenvalue weighted by Crippen LogP contribution is 2.35. The van der Waals surface area contributed by atoms with Crippen molar-refractivity contribution in [2.75, 3.05) is 44.3 Å². The van der Waals surface area contributed by atoms with Gasteiger partial charge in [0, 0.05) is 43.1 Å². The van der Waals surface area contributed by atoms with Crippen molar-refractivity contribution in [3.8, 4) is 5.75 Å². The number of anilines is 1. The lowest BCUT2D eigenvalue weighted by molar-refractivity contribution is 0.0548. The summed E-state index contributed by atoms with van der Waals surface area (Å²) >= 11 is 0. The Balaban J connectivity index is 1.42. The zero-order valence-corrected chi connectivity index (χ0v) is 22.3. The van der Waals surface area contributed by atoms with Gasteiger partial charge in [-0.05, 0) is 78.4 Å². The first-order chi connectivity index (χ1) is 18.7. The zero-order chi connectivity index (χ0) is 26.3. The van der Waals surface area contributed by atoms with Gasteiger partial charge in [0.05, 0.1) is 25.6 Å². The fraction of sp³-hybridized carbons (Fsp3) is 0.312. The van der Waals surface area contributed by atoms with E-state index in [9.17, 15) is 5.11 Å². The number of fused-ring (bicyclic) bond motifs is 1. The molecule has 1 saturated heterocycles. The lowest BCUT2D eigenvalue weighted by Crippen LogP contribution is -2.36. The molecular weight excluding hydrogens is 472 g/mol. The Morgan fingerprint density at radius 3 is 2.39 bits per heavy atom. The molecule has 1 heterocycles. The maximum Gasteiger partial charge on any atom is 0.125 e. The van der Waals surface area contributed by atoms with Crippen molar-refractivity contribution in [3.63, 3.8) is 0 Å². The van der Waals surface area contributed by atoms with E-state index in [1.165, 1.54) is 28.1 Å². The van der Waals surface area contributed by atoms with Gasteiger partial charge in [0.25, 0.3) is 0 Å². The van der Waals surface area contributed by atoms with E-state index in [0.29, 0.717) is 5.56 Å². The summed E-state index contributed by atoms with van der Waals surface area (Å²) in [6.07, 6.45) is 7.74. The molecule has 0 spiro atoms. The van der Waals surface area contributed by atoms with Crippen molar-refractivity contribution < 1.29 is 9.84 Å². The molecule has 1 N–H and O–H groups in total. The van der Waals surface area contributed by atoms with Crippen LogP contribution in [0.2, 0.25) is 0 Å². The van der Waals surface area contributed by atoms with Crippen molar-refractivity contribution in [1.82, 2.24) is 4.90 Å². The predicted octanol–water partition coefficient (Wildman–Crippen LogP) is 6.26. The van der Waals surface area contributed by atoms with Crippen LogP contribution in [0.1, 0.15) is 37.8 Å². The topological polar surface area (TPSA) is 60.7 Å². The highest BCUT2D eigenvalue weighted by Gasteiger charge is 2.25. The molecule has 1 aliphatic carbocycles. The summed E-state index contributed by atoms with van der Waals surface area (Å²) in [5.41, 5.74) is 6.94. The van der Waals surface area contributed by atoms with Crippen LogP contribution in [0.15, 0.2) is 87.7 Å². The standard InChI is InChI=1S/C32H36N4O2/c1-3-35(4-2)28-14-9-24(10-15-28)21-26-11-12-27(32(26)36-17-19-38-20-18-36)22-33-34-23-30-29-8-6-5-7-25(29)13-16-31(30)37/h5-10,13-16,21-23,37H,3-4,11-12,17-20H2,1-2H3/b26-21?,33-22?,34-23+. The largest absolute Gasteiger partial charge is 0.507 e. The first-order valence-electron chi connectivity index (χ1n) is 13.6. The third-order valence-corrected chi connectivity index (χ3v) is 7.38. The van der Waals surface area contributed by atoms with Gasteiger partial charge in [-0.2, -0.15) is 10.2 Å². The number of aromatic hydroxyl groups is 1. The lowest BCUT2D eigenvalue weighted by atomic mass is 10.0. The third kappa shape index (κ3) is 5.65. The first-order valence-corrected chi connectivity index (χ1v) is 13.6. The van der Waals surface area contributed by atoms with Crippen molar-refractivity contribution >= 4 is 35.0 Å². The minimum absolute atomic E-state index is 0.203. The van der Waals surface area contributed by atoms with Gasteiger partial charge in [0.15, 0.2) is 0 Å². The number of phenolic OH excluding ortho intramolecular Hbond substituents is 1. The molecule has 0 aromatic heterocycles. The van der Waals surface area contributed by atoms with Gasteiger partial charge in [-0.1, -0.05) is 42.5 Å². The summed E-state index contributed by atoms with van der Waals surface area (Å²) in [5, 5.41) is 21.2. The average Bonchev–Trinajstić information content (AvgIpc) is 3.36. The minimum atomic E-state index is 0.203. The number of morpholine rings is 1. The van der Waals surface area contributed by atoms with Crippen molar-refractivity contribution in [2.45, 2.75) is 26.7 Å². The molecule has 38 heavy (non-hydrogen) atoms. The quantitative estimate of drug-likeness (QED) is 0.288. The molecule has 0 atom stereocenters. The molecule has 0 amide bonds. The average molecular weight is 509 g/mol. The van der Waals surface area contributed by atoms with Crippen molar-refractivity contribution in [1.29, 1.82) is 0 Å². The van der Waals surface area contributed by atoms with Crippen molar-refractivity contribution in [2.24, 2.45) is 10.2 Å². The molecule has 0 radical (unpaired) electrons. The summed E-state index contributed by atoms with van der Waals surface area (Å²) in [6, 6.07) is 20.4. The van der Waals surface area contributed by atoms with Crippen LogP contribution in [-0.2, 0) is 4.74 Å². The molecule has 6 nitrogen and oxygen atoms in total. The molecule has 196 valence electrons. The van der Waals surface area contributed by atoms with E-state index in [0.717, 1.165) is 63.0 Å². The van der Waals surface area contributed by atoms with Gasteiger partial charge in [0.1, 0.15) is 5.75 Å². The lowest BCUT2D eigenvalue weighted by Gasteiger charge is -2.31. The van der Waals surface area contributed by atoms with Gasteiger partial charge in [-0.3, -0.25) is 0 Å². The summed E-state index contributed by atoms with van der Waals surface area (Å²) in [5.74, 6) is 0.203. The Labute approximate surface area is 225 Å². The zero-order valence-electron chi connectivity index (χ0n) is 22.3. The van der Waals surface area contributed by atoms with Crippen LogP contribution in [0, 0.1) is 0 Å². The molecular formula is C32H36N4O2. The molecule has 0 unspecified atom stereocenters. The molecule has 3 aromatic rings. The fourth-order valence-electron chi connectivity index (χ4n) is 5.36. The number of allylic oxidation sites excluding steroid dienone is 2. The number of nitrogens with zero attached hydrogens (tertiary/aromatic N) is 4.